The lowest BCUT2D eigenvalue weighted by Crippen LogP contribution is -2.44. The first-order valence-electron chi connectivity index (χ1n) is 6.52. The number of nitrogens with zero attached hydrogens (tertiary/aromatic N) is 1. The van der Waals surface area contributed by atoms with E-state index < -0.39 is 23.5 Å². The van der Waals surface area contributed by atoms with Gasteiger partial charge in [-0.2, -0.15) is 0 Å². The highest BCUT2D eigenvalue weighted by atomic mass is 79.9. The lowest BCUT2D eigenvalue weighted by atomic mass is 9.92. The van der Waals surface area contributed by atoms with E-state index >= 15 is 0 Å². The number of hydrogen-bond donors (Lipinski definition) is 1. The van der Waals surface area contributed by atoms with Crippen LogP contribution in [0.2, 0.25) is 0 Å². The van der Waals surface area contributed by atoms with E-state index in [9.17, 15) is 14.7 Å². The molecule has 1 aromatic rings. The van der Waals surface area contributed by atoms with Crippen LogP contribution in [0.4, 0.5) is 0 Å². The van der Waals surface area contributed by atoms with Crippen LogP contribution in [0.5, 0.6) is 0 Å². The molecule has 0 radical (unpaired) electrons. The topological polar surface area (TPSA) is 57.6 Å². The van der Waals surface area contributed by atoms with Gasteiger partial charge in [-0.15, -0.1) is 0 Å². The number of carboxylic acids is 1. The van der Waals surface area contributed by atoms with Gasteiger partial charge in [-0.1, -0.05) is 28.1 Å². The second-order valence-corrected chi connectivity index (χ2v) is 7.00. The number of halogens is 1. The summed E-state index contributed by atoms with van der Waals surface area (Å²) in [5, 5.41) is 9.42. The number of aliphatic carboxylic acids is 1. The number of hydrogen-bond acceptors (Lipinski definition) is 2. The van der Waals surface area contributed by atoms with E-state index in [0.717, 1.165) is 10.0 Å². The summed E-state index contributed by atoms with van der Waals surface area (Å²) in [5.41, 5.74) is 0.446. The molecular weight excluding hydrogens is 322 g/mol. The zero-order chi connectivity index (χ0) is 15.1. The second kappa shape index (κ2) is 5.20. The van der Waals surface area contributed by atoms with Crippen molar-refractivity contribution < 1.29 is 14.7 Å². The molecule has 0 saturated carbocycles. The van der Waals surface area contributed by atoms with Crippen molar-refractivity contribution in [2.45, 2.75) is 38.8 Å². The molecular formula is C15H18BrNO3. The van der Waals surface area contributed by atoms with Gasteiger partial charge in [-0.05, 0) is 38.5 Å². The van der Waals surface area contributed by atoms with E-state index in [2.05, 4.69) is 15.9 Å². The number of amides is 1. The summed E-state index contributed by atoms with van der Waals surface area (Å²) < 4.78 is 0.882. The van der Waals surface area contributed by atoms with E-state index in [1.54, 1.807) is 4.90 Å². The number of likely N-dealkylation sites (tertiary alicyclic amines) is 1. The summed E-state index contributed by atoms with van der Waals surface area (Å²) in [6.07, 6.45) is 0.0593. The van der Waals surface area contributed by atoms with Gasteiger partial charge < -0.3 is 10.0 Å². The van der Waals surface area contributed by atoms with Crippen molar-refractivity contribution in [3.63, 3.8) is 0 Å². The molecule has 1 aliphatic rings. The molecule has 20 heavy (non-hydrogen) atoms. The van der Waals surface area contributed by atoms with E-state index in [4.69, 9.17) is 0 Å². The van der Waals surface area contributed by atoms with Crippen molar-refractivity contribution in [2.24, 2.45) is 5.92 Å². The molecule has 1 aliphatic heterocycles. The standard InChI is InChI=1S/C15H18BrNO3/c1-15(2,3)17-12(18)8-11(14(19)20)13(17)9-5-4-6-10(16)7-9/h4-7,11,13H,8H2,1-3H3,(H,19,20). The zero-order valence-electron chi connectivity index (χ0n) is 11.8. The van der Waals surface area contributed by atoms with Crippen molar-refractivity contribution in [3.05, 3.63) is 34.3 Å². The normalized spacial score (nSPS) is 23.2. The Hall–Kier alpha value is -1.36. The molecule has 108 valence electrons. The molecule has 2 atom stereocenters. The summed E-state index contributed by atoms with van der Waals surface area (Å²) in [4.78, 5) is 25.5. The van der Waals surface area contributed by atoms with Gasteiger partial charge >= 0.3 is 5.97 Å². The fourth-order valence-corrected chi connectivity index (χ4v) is 3.24. The third-order valence-electron chi connectivity index (χ3n) is 3.55. The average molecular weight is 340 g/mol. The van der Waals surface area contributed by atoms with Gasteiger partial charge in [0.05, 0.1) is 12.0 Å². The van der Waals surface area contributed by atoms with Crippen LogP contribution in [0.3, 0.4) is 0 Å². The maximum atomic E-state index is 12.3. The Bertz CT molecular complexity index is 550. The highest BCUT2D eigenvalue weighted by Gasteiger charge is 2.48. The molecule has 1 amide bonds. The SMILES string of the molecule is CC(C)(C)N1C(=O)CC(C(=O)O)C1c1cccc(Br)c1. The minimum absolute atomic E-state index is 0.0593. The Labute approximate surface area is 126 Å². The molecule has 0 aromatic heterocycles. The first-order valence-corrected chi connectivity index (χ1v) is 7.31. The molecule has 1 aromatic carbocycles. The highest BCUT2D eigenvalue weighted by Crippen LogP contribution is 2.42. The van der Waals surface area contributed by atoms with Crippen LogP contribution in [0.15, 0.2) is 28.7 Å². The Kier molecular flexibility index (Phi) is 3.91. The molecule has 1 saturated heterocycles. The third kappa shape index (κ3) is 2.73. The maximum absolute atomic E-state index is 12.3. The Morgan fingerprint density at radius 3 is 2.55 bits per heavy atom. The summed E-state index contributed by atoms with van der Waals surface area (Å²) in [6.45, 7) is 5.79. The minimum atomic E-state index is -0.921. The molecule has 4 nitrogen and oxygen atoms in total. The van der Waals surface area contributed by atoms with E-state index in [-0.39, 0.29) is 12.3 Å². The fraction of sp³-hybridized carbons (Fsp3) is 0.467. The Morgan fingerprint density at radius 1 is 1.40 bits per heavy atom. The molecule has 2 rings (SSSR count). The number of carbonyl (C=O) groups excluding carboxylic acids is 1. The van der Waals surface area contributed by atoms with Gasteiger partial charge in [0.25, 0.3) is 0 Å². The third-order valence-corrected chi connectivity index (χ3v) is 4.05. The molecule has 5 heteroatoms. The number of carboxylic acid groups (broad SMARTS) is 1. The molecule has 1 fully saturated rings. The smallest absolute Gasteiger partial charge is 0.309 e. The number of rotatable bonds is 2. The molecule has 1 N–H and O–H groups in total. The van der Waals surface area contributed by atoms with Gasteiger partial charge in [0.15, 0.2) is 0 Å². The molecule has 0 spiro atoms. The van der Waals surface area contributed by atoms with Gasteiger partial charge in [0, 0.05) is 16.4 Å². The van der Waals surface area contributed by atoms with Crippen LogP contribution >= 0.6 is 15.9 Å². The molecule has 0 aliphatic carbocycles. The van der Waals surface area contributed by atoms with Crippen molar-refractivity contribution in [1.29, 1.82) is 0 Å². The highest BCUT2D eigenvalue weighted by molar-refractivity contribution is 9.10. The van der Waals surface area contributed by atoms with Gasteiger partial charge in [-0.25, -0.2) is 0 Å². The minimum Gasteiger partial charge on any atom is -0.481 e. The van der Waals surface area contributed by atoms with Crippen molar-refractivity contribution >= 4 is 27.8 Å². The van der Waals surface area contributed by atoms with Crippen LogP contribution in [0, 0.1) is 5.92 Å². The number of benzene rings is 1. The lowest BCUT2D eigenvalue weighted by molar-refractivity contribution is -0.142. The quantitative estimate of drug-likeness (QED) is 0.899. The van der Waals surface area contributed by atoms with Crippen LogP contribution in [0.1, 0.15) is 38.8 Å². The first kappa shape index (κ1) is 15.0. The molecule has 0 bridgehead atoms. The fourth-order valence-electron chi connectivity index (χ4n) is 2.82. The number of carbonyl (C=O) groups is 2. The van der Waals surface area contributed by atoms with Crippen LogP contribution in [-0.4, -0.2) is 27.4 Å². The largest absolute Gasteiger partial charge is 0.481 e. The first-order chi connectivity index (χ1) is 9.21. The predicted molar refractivity (Wildman–Crippen MR) is 79.2 cm³/mol. The van der Waals surface area contributed by atoms with Gasteiger partial charge in [0.2, 0.25) is 5.91 Å². The van der Waals surface area contributed by atoms with Crippen LogP contribution in [0.25, 0.3) is 0 Å². The summed E-state index contributed by atoms with van der Waals surface area (Å²) in [7, 11) is 0. The van der Waals surface area contributed by atoms with Crippen molar-refractivity contribution in [2.75, 3.05) is 0 Å². The second-order valence-electron chi connectivity index (χ2n) is 6.08. The van der Waals surface area contributed by atoms with E-state index in [1.807, 2.05) is 45.0 Å². The zero-order valence-corrected chi connectivity index (χ0v) is 13.3. The average Bonchev–Trinajstić information content (AvgIpc) is 2.66. The molecule has 1 heterocycles. The maximum Gasteiger partial charge on any atom is 0.309 e. The lowest BCUT2D eigenvalue weighted by Gasteiger charge is -2.38. The van der Waals surface area contributed by atoms with Gasteiger partial charge in [0.1, 0.15) is 0 Å². The predicted octanol–water partition coefficient (Wildman–Crippen LogP) is 3.22. The van der Waals surface area contributed by atoms with E-state index in [0.29, 0.717) is 0 Å². The molecule has 2 unspecified atom stereocenters. The van der Waals surface area contributed by atoms with Crippen molar-refractivity contribution in [3.8, 4) is 0 Å². The monoisotopic (exact) mass is 339 g/mol. The van der Waals surface area contributed by atoms with Gasteiger partial charge in [-0.3, -0.25) is 9.59 Å². The van der Waals surface area contributed by atoms with Crippen LogP contribution < -0.4 is 0 Å². The Balaban J connectivity index is 2.52. The van der Waals surface area contributed by atoms with Crippen molar-refractivity contribution in [1.82, 2.24) is 4.90 Å². The summed E-state index contributed by atoms with van der Waals surface area (Å²) in [5.74, 6) is -1.72. The van der Waals surface area contributed by atoms with E-state index in [1.165, 1.54) is 0 Å². The summed E-state index contributed by atoms with van der Waals surface area (Å²) >= 11 is 3.40. The van der Waals surface area contributed by atoms with Crippen LogP contribution in [-0.2, 0) is 9.59 Å². The Morgan fingerprint density at radius 2 is 2.05 bits per heavy atom. The summed E-state index contributed by atoms with van der Waals surface area (Å²) in [6, 6.07) is 7.09.